The Kier molecular flexibility index (Phi) is 2.96. The van der Waals surface area contributed by atoms with Crippen LogP contribution in [0, 0.1) is 11.2 Å². The molecule has 0 aliphatic rings. The normalized spacial score (nSPS) is 11.8. The van der Waals surface area contributed by atoms with E-state index in [2.05, 4.69) is 30.9 Å². The number of halogens is 1. The third-order valence-corrected chi connectivity index (χ3v) is 2.30. The summed E-state index contributed by atoms with van der Waals surface area (Å²) < 4.78 is 14.7. The molecular formula is C13H16FN3. The van der Waals surface area contributed by atoms with Crippen LogP contribution in [-0.4, -0.2) is 14.8 Å². The summed E-state index contributed by atoms with van der Waals surface area (Å²) in [6.45, 7) is 6.40. The molecule has 0 radical (unpaired) electrons. The van der Waals surface area contributed by atoms with Gasteiger partial charge in [0.2, 0.25) is 0 Å². The molecule has 0 fully saturated rings. The summed E-state index contributed by atoms with van der Waals surface area (Å²) in [7, 11) is 0. The highest BCUT2D eigenvalue weighted by Gasteiger charge is 2.14. The summed E-state index contributed by atoms with van der Waals surface area (Å²) in [6.07, 6.45) is 2.42. The van der Waals surface area contributed by atoms with E-state index < -0.39 is 0 Å². The lowest BCUT2D eigenvalue weighted by Crippen LogP contribution is -2.10. The predicted octanol–water partition coefficient (Wildman–Crippen LogP) is 3.00. The number of hydrogen-bond acceptors (Lipinski definition) is 2. The van der Waals surface area contributed by atoms with Crippen molar-refractivity contribution in [1.29, 1.82) is 0 Å². The van der Waals surface area contributed by atoms with Gasteiger partial charge in [0.15, 0.2) is 5.82 Å². The van der Waals surface area contributed by atoms with E-state index in [0.29, 0.717) is 5.69 Å². The van der Waals surface area contributed by atoms with Crippen molar-refractivity contribution < 1.29 is 4.39 Å². The molecule has 1 aromatic heterocycles. The average molecular weight is 233 g/mol. The predicted molar refractivity (Wildman–Crippen MR) is 64.5 cm³/mol. The van der Waals surface area contributed by atoms with Gasteiger partial charge in [-0.25, -0.2) is 14.1 Å². The van der Waals surface area contributed by atoms with E-state index in [1.165, 1.54) is 12.1 Å². The molecule has 0 aliphatic carbocycles. The second kappa shape index (κ2) is 4.28. The number of nitrogens with zero attached hydrogens (tertiary/aromatic N) is 3. The van der Waals surface area contributed by atoms with E-state index in [-0.39, 0.29) is 11.2 Å². The van der Waals surface area contributed by atoms with Gasteiger partial charge in [-0.2, -0.15) is 5.10 Å². The van der Waals surface area contributed by atoms with E-state index in [1.807, 2.05) is 0 Å². The standard InChI is InChI=1S/C13H16FN3/c1-13(2,3)8-12-15-9-17(16-12)11-6-4-5-10(14)7-11/h4-7,9H,8H2,1-3H3. The van der Waals surface area contributed by atoms with Crippen LogP contribution in [0.5, 0.6) is 0 Å². The van der Waals surface area contributed by atoms with Gasteiger partial charge in [0.05, 0.1) is 5.69 Å². The van der Waals surface area contributed by atoms with Crippen LogP contribution in [0.3, 0.4) is 0 Å². The molecule has 17 heavy (non-hydrogen) atoms. The van der Waals surface area contributed by atoms with Gasteiger partial charge in [0.1, 0.15) is 12.1 Å². The van der Waals surface area contributed by atoms with Gasteiger partial charge in [-0.05, 0) is 23.6 Å². The molecule has 0 saturated heterocycles. The molecule has 0 amide bonds. The Morgan fingerprint density at radius 3 is 2.71 bits per heavy atom. The van der Waals surface area contributed by atoms with Crippen LogP contribution in [0.1, 0.15) is 26.6 Å². The molecule has 0 aliphatic heterocycles. The summed E-state index contributed by atoms with van der Waals surface area (Å²) in [4.78, 5) is 4.24. The highest BCUT2D eigenvalue weighted by Crippen LogP contribution is 2.18. The van der Waals surface area contributed by atoms with Gasteiger partial charge in [0.25, 0.3) is 0 Å². The summed E-state index contributed by atoms with van der Waals surface area (Å²) in [5.41, 5.74) is 0.839. The Bertz CT molecular complexity index is 511. The minimum Gasteiger partial charge on any atom is -0.221 e. The first-order chi connectivity index (χ1) is 7.94. The molecule has 0 spiro atoms. The van der Waals surface area contributed by atoms with Crippen LogP contribution in [-0.2, 0) is 6.42 Å². The Balaban J connectivity index is 2.24. The van der Waals surface area contributed by atoms with Gasteiger partial charge in [0, 0.05) is 6.42 Å². The van der Waals surface area contributed by atoms with Gasteiger partial charge in [-0.1, -0.05) is 26.8 Å². The summed E-state index contributed by atoms with van der Waals surface area (Å²) >= 11 is 0. The van der Waals surface area contributed by atoms with Crippen molar-refractivity contribution in [1.82, 2.24) is 14.8 Å². The minimum absolute atomic E-state index is 0.147. The summed E-state index contributed by atoms with van der Waals surface area (Å²) in [5, 5.41) is 4.35. The molecule has 0 unspecified atom stereocenters. The first kappa shape index (κ1) is 11.8. The lowest BCUT2D eigenvalue weighted by atomic mass is 9.92. The van der Waals surface area contributed by atoms with Crippen molar-refractivity contribution in [3.63, 3.8) is 0 Å². The molecule has 2 aromatic rings. The Morgan fingerprint density at radius 1 is 1.29 bits per heavy atom. The minimum atomic E-state index is -0.268. The molecule has 0 bridgehead atoms. The zero-order valence-electron chi connectivity index (χ0n) is 10.3. The number of aromatic nitrogens is 3. The van der Waals surface area contributed by atoms with Crippen LogP contribution in [0.4, 0.5) is 4.39 Å². The smallest absolute Gasteiger partial charge is 0.151 e. The Hall–Kier alpha value is -1.71. The van der Waals surface area contributed by atoms with Crippen LogP contribution in [0.25, 0.3) is 5.69 Å². The molecule has 90 valence electrons. The number of benzene rings is 1. The maximum atomic E-state index is 13.1. The van der Waals surface area contributed by atoms with Crippen molar-refractivity contribution in [3.05, 3.63) is 42.2 Å². The van der Waals surface area contributed by atoms with Crippen LogP contribution < -0.4 is 0 Å². The topological polar surface area (TPSA) is 30.7 Å². The summed E-state index contributed by atoms with van der Waals surface area (Å²) in [5.74, 6) is 0.511. The Morgan fingerprint density at radius 2 is 2.06 bits per heavy atom. The average Bonchev–Trinajstić information content (AvgIpc) is 2.63. The molecule has 0 atom stereocenters. The lowest BCUT2D eigenvalue weighted by Gasteiger charge is -2.14. The van der Waals surface area contributed by atoms with E-state index in [9.17, 15) is 4.39 Å². The fourth-order valence-corrected chi connectivity index (χ4v) is 1.60. The monoisotopic (exact) mass is 233 g/mol. The van der Waals surface area contributed by atoms with E-state index in [4.69, 9.17) is 0 Å². The van der Waals surface area contributed by atoms with Crippen molar-refractivity contribution in [2.24, 2.45) is 5.41 Å². The van der Waals surface area contributed by atoms with Crippen molar-refractivity contribution in [3.8, 4) is 5.69 Å². The molecule has 2 rings (SSSR count). The molecule has 1 aromatic carbocycles. The first-order valence-electron chi connectivity index (χ1n) is 5.60. The van der Waals surface area contributed by atoms with Gasteiger partial charge in [-0.15, -0.1) is 0 Å². The zero-order valence-corrected chi connectivity index (χ0v) is 10.3. The molecule has 4 heteroatoms. The van der Waals surface area contributed by atoms with E-state index in [0.717, 1.165) is 12.2 Å². The quantitative estimate of drug-likeness (QED) is 0.798. The summed E-state index contributed by atoms with van der Waals surface area (Å²) in [6, 6.07) is 6.32. The maximum absolute atomic E-state index is 13.1. The van der Waals surface area contributed by atoms with Crippen molar-refractivity contribution in [2.45, 2.75) is 27.2 Å². The molecule has 3 nitrogen and oxygen atoms in total. The highest BCUT2D eigenvalue weighted by atomic mass is 19.1. The SMILES string of the molecule is CC(C)(C)Cc1ncn(-c2cccc(F)c2)n1. The van der Waals surface area contributed by atoms with Crippen LogP contribution in [0.2, 0.25) is 0 Å². The highest BCUT2D eigenvalue weighted by molar-refractivity contribution is 5.30. The van der Waals surface area contributed by atoms with Crippen LogP contribution in [0.15, 0.2) is 30.6 Å². The third-order valence-electron chi connectivity index (χ3n) is 2.30. The first-order valence-corrected chi connectivity index (χ1v) is 5.60. The largest absolute Gasteiger partial charge is 0.221 e. The second-order valence-electron chi connectivity index (χ2n) is 5.32. The molecular weight excluding hydrogens is 217 g/mol. The number of rotatable bonds is 2. The van der Waals surface area contributed by atoms with Gasteiger partial charge < -0.3 is 0 Å². The van der Waals surface area contributed by atoms with Crippen LogP contribution >= 0.6 is 0 Å². The maximum Gasteiger partial charge on any atom is 0.151 e. The molecule has 0 saturated carbocycles. The van der Waals surface area contributed by atoms with Crippen molar-refractivity contribution in [2.75, 3.05) is 0 Å². The Labute approximate surface area is 100 Å². The lowest BCUT2D eigenvalue weighted by molar-refractivity contribution is 0.400. The fraction of sp³-hybridized carbons (Fsp3) is 0.385. The van der Waals surface area contributed by atoms with Gasteiger partial charge in [-0.3, -0.25) is 0 Å². The zero-order chi connectivity index (χ0) is 12.5. The van der Waals surface area contributed by atoms with E-state index in [1.54, 1.807) is 23.1 Å². The molecule has 0 N–H and O–H groups in total. The van der Waals surface area contributed by atoms with E-state index >= 15 is 0 Å². The van der Waals surface area contributed by atoms with Gasteiger partial charge >= 0.3 is 0 Å². The number of hydrogen-bond donors (Lipinski definition) is 0. The fourth-order valence-electron chi connectivity index (χ4n) is 1.60. The molecule has 1 heterocycles. The van der Waals surface area contributed by atoms with Crippen molar-refractivity contribution >= 4 is 0 Å². The third kappa shape index (κ3) is 3.12. The second-order valence-corrected chi connectivity index (χ2v) is 5.32.